The van der Waals surface area contributed by atoms with Gasteiger partial charge in [0.15, 0.2) is 5.17 Å². The Morgan fingerprint density at radius 1 is 1.42 bits per heavy atom. The molecule has 1 N–H and O–H groups in total. The van der Waals surface area contributed by atoms with Crippen molar-refractivity contribution in [3.63, 3.8) is 0 Å². The molecule has 0 saturated heterocycles. The molecule has 5 heteroatoms. The van der Waals surface area contributed by atoms with Gasteiger partial charge in [-0.25, -0.2) is 0 Å². The molecule has 1 saturated carbocycles. The van der Waals surface area contributed by atoms with E-state index in [-0.39, 0.29) is 0 Å². The number of amidine groups is 1. The lowest BCUT2D eigenvalue weighted by Crippen LogP contribution is -2.25. The normalized spacial score (nSPS) is 25.7. The summed E-state index contributed by atoms with van der Waals surface area (Å²) in [5, 5.41) is 4.46. The summed E-state index contributed by atoms with van der Waals surface area (Å²) in [5.74, 6) is 2.84. The minimum atomic E-state index is 0.535. The fraction of sp³-hybridized carbons (Fsp3) is 0.500. The molecule has 19 heavy (non-hydrogen) atoms. The Bertz CT molecular complexity index is 506. The number of rotatable bonds is 2. The SMILES string of the molecule is COc1ccc(Br)c(NC2=NC3CCCC3CS2)c1. The number of nitrogens with one attached hydrogen (secondary N) is 1. The number of hydrogen-bond donors (Lipinski definition) is 1. The molecule has 0 aromatic heterocycles. The lowest BCUT2D eigenvalue weighted by atomic mass is 10.1. The molecule has 1 aromatic carbocycles. The summed E-state index contributed by atoms with van der Waals surface area (Å²) in [7, 11) is 1.68. The minimum absolute atomic E-state index is 0.535. The fourth-order valence-corrected chi connectivity index (χ4v) is 4.16. The van der Waals surface area contributed by atoms with Crippen molar-refractivity contribution in [1.29, 1.82) is 0 Å². The van der Waals surface area contributed by atoms with E-state index in [9.17, 15) is 0 Å². The number of nitrogens with zero attached hydrogens (tertiary/aromatic N) is 1. The molecule has 0 amide bonds. The van der Waals surface area contributed by atoms with Crippen LogP contribution in [-0.2, 0) is 0 Å². The number of anilines is 1. The van der Waals surface area contributed by atoms with Crippen molar-refractivity contribution in [2.45, 2.75) is 25.3 Å². The summed E-state index contributed by atoms with van der Waals surface area (Å²) in [5.41, 5.74) is 1.02. The molecule has 2 unspecified atom stereocenters. The molecule has 102 valence electrons. The lowest BCUT2D eigenvalue weighted by Gasteiger charge is -2.23. The van der Waals surface area contributed by atoms with Gasteiger partial charge in [-0.1, -0.05) is 18.2 Å². The Morgan fingerprint density at radius 3 is 3.16 bits per heavy atom. The molecule has 2 atom stereocenters. The second kappa shape index (κ2) is 5.75. The van der Waals surface area contributed by atoms with Crippen molar-refractivity contribution in [2.75, 3.05) is 18.2 Å². The average Bonchev–Trinajstić information content (AvgIpc) is 2.89. The van der Waals surface area contributed by atoms with Crippen LogP contribution in [0, 0.1) is 5.92 Å². The van der Waals surface area contributed by atoms with E-state index in [0.29, 0.717) is 6.04 Å². The summed E-state index contributed by atoms with van der Waals surface area (Å²) in [4.78, 5) is 4.84. The van der Waals surface area contributed by atoms with E-state index in [1.54, 1.807) is 7.11 Å². The zero-order chi connectivity index (χ0) is 13.2. The van der Waals surface area contributed by atoms with Gasteiger partial charge in [0.2, 0.25) is 0 Å². The van der Waals surface area contributed by atoms with Crippen molar-refractivity contribution in [1.82, 2.24) is 0 Å². The minimum Gasteiger partial charge on any atom is -0.497 e. The highest BCUT2D eigenvalue weighted by atomic mass is 79.9. The van der Waals surface area contributed by atoms with Gasteiger partial charge in [0.05, 0.1) is 18.8 Å². The van der Waals surface area contributed by atoms with E-state index in [2.05, 4.69) is 21.2 Å². The van der Waals surface area contributed by atoms with Gasteiger partial charge in [-0.2, -0.15) is 0 Å². The first kappa shape index (κ1) is 13.3. The first-order valence-corrected chi connectivity index (χ1v) is 8.35. The topological polar surface area (TPSA) is 33.6 Å². The molecular weight excluding hydrogens is 324 g/mol. The largest absolute Gasteiger partial charge is 0.497 e. The van der Waals surface area contributed by atoms with Crippen molar-refractivity contribution in [2.24, 2.45) is 10.9 Å². The van der Waals surface area contributed by atoms with Gasteiger partial charge < -0.3 is 10.1 Å². The second-order valence-electron chi connectivity index (χ2n) is 4.97. The lowest BCUT2D eigenvalue weighted by molar-refractivity contribution is 0.415. The number of methoxy groups -OCH3 is 1. The third-order valence-corrected chi connectivity index (χ3v) is 5.52. The predicted octanol–water partition coefficient (Wildman–Crippen LogP) is 4.14. The highest BCUT2D eigenvalue weighted by molar-refractivity contribution is 9.10. The van der Waals surface area contributed by atoms with Gasteiger partial charge in [-0.3, -0.25) is 4.99 Å². The number of aliphatic imine (C=N–C) groups is 1. The summed E-state index contributed by atoms with van der Waals surface area (Å²) in [6, 6.07) is 6.47. The number of halogens is 1. The molecule has 0 bridgehead atoms. The quantitative estimate of drug-likeness (QED) is 0.878. The van der Waals surface area contributed by atoms with Gasteiger partial charge in [0.25, 0.3) is 0 Å². The smallest absolute Gasteiger partial charge is 0.161 e. The van der Waals surface area contributed by atoms with E-state index in [0.717, 1.165) is 27.0 Å². The zero-order valence-electron chi connectivity index (χ0n) is 10.9. The summed E-state index contributed by atoms with van der Waals surface area (Å²) < 4.78 is 6.29. The average molecular weight is 341 g/mol. The van der Waals surface area contributed by atoms with Gasteiger partial charge in [0, 0.05) is 16.3 Å². The summed E-state index contributed by atoms with van der Waals surface area (Å²) in [6.07, 6.45) is 3.92. The maximum Gasteiger partial charge on any atom is 0.161 e. The Kier molecular flexibility index (Phi) is 4.03. The number of benzene rings is 1. The van der Waals surface area contributed by atoms with Crippen molar-refractivity contribution in [3.05, 3.63) is 22.7 Å². The van der Waals surface area contributed by atoms with Crippen LogP contribution in [0.25, 0.3) is 0 Å². The van der Waals surface area contributed by atoms with Gasteiger partial charge in [-0.05, 0) is 46.8 Å². The van der Waals surface area contributed by atoms with Crippen LogP contribution in [0.15, 0.2) is 27.7 Å². The number of ether oxygens (including phenoxy) is 1. The Hall–Kier alpha value is -0.680. The maximum atomic E-state index is 5.26. The molecule has 1 aliphatic heterocycles. The molecule has 1 aromatic rings. The van der Waals surface area contributed by atoms with Crippen molar-refractivity contribution >= 4 is 38.5 Å². The Labute approximate surface area is 126 Å². The van der Waals surface area contributed by atoms with Gasteiger partial charge in [0.1, 0.15) is 5.75 Å². The number of fused-ring (bicyclic) bond motifs is 1. The number of hydrogen-bond acceptors (Lipinski definition) is 4. The first-order chi connectivity index (χ1) is 9.26. The zero-order valence-corrected chi connectivity index (χ0v) is 13.3. The second-order valence-corrected chi connectivity index (χ2v) is 6.84. The van der Waals surface area contributed by atoms with E-state index >= 15 is 0 Å². The first-order valence-electron chi connectivity index (χ1n) is 6.57. The molecule has 1 fully saturated rings. The predicted molar refractivity (Wildman–Crippen MR) is 85.3 cm³/mol. The Balaban J connectivity index is 1.78. The number of thioether (sulfide) groups is 1. The van der Waals surface area contributed by atoms with Crippen LogP contribution in [0.2, 0.25) is 0 Å². The molecular formula is C14H17BrN2OS. The Morgan fingerprint density at radius 2 is 2.32 bits per heavy atom. The van der Waals surface area contributed by atoms with Crippen LogP contribution >= 0.6 is 27.7 Å². The van der Waals surface area contributed by atoms with Gasteiger partial charge in [-0.15, -0.1) is 0 Å². The summed E-state index contributed by atoms with van der Waals surface area (Å²) in [6.45, 7) is 0. The third-order valence-electron chi connectivity index (χ3n) is 3.75. The van der Waals surface area contributed by atoms with Crippen LogP contribution in [0.5, 0.6) is 5.75 Å². The molecule has 2 aliphatic rings. The van der Waals surface area contributed by atoms with E-state index in [1.165, 1.54) is 25.0 Å². The molecule has 1 heterocycles. The third kappa shape index (κ3) is 2.92. The standard InChI is InChI=1S/C14H17BrN2OS/c1-18-10-5-6-11(15)13(7-10)17-14-16-12-4-2-3-9(12)8-19-14/h5-7,9,12H,2-4,8H2,1H3,(H,16,17). The van der Waals surface area contributed by atoms with E-state index in [1.807, 2.05) is 30.0 Å². The monoisotopic (exact) mass is 340 g/mol. The van der Waals surface area contributed by atoms with Crippen molar-refractivity contribution in [3.8, 4) is 5.75 Å². The van der Waals surface area contributed by atoms with E-state index in [4.69, 9.17) is 9.73 Å². The fourth-order valence-electron chi connectivity index (χ4n) is 2.67. The van der Waals surface area contributed by atoms with Crippen LogP contribution in [0.3, 0.4) is 0 Å². The highest BCUT2D eigenvalue weighted by Crippen LogP contribution is 2.36. The molecule has 1 aliphatic carbocycles. The van der Waals surface area contributed by atoms with Crippen molar-refractivity contribution < 1.29 is 4.74 Å². The molecule has 0 radical (unpaired) electrons. The molecule has 3 rings (SSSR count). The molecule has 3 nitrogen and oxygen atoms in total. The summed E-state index contributed by atoms with van der Waals surface area (Å²) >= 11 is 5.39. The van der Waals surface area contributed by atoms with Crippen LogP contribution in [0.1, 0.15) is 19.3 Å². The van der Waals surface area contributed by atoms with Crippen LogP contribution in [-0.4, -0.2) is 24.1 Å². The van der Waals surface area contributed by atoms with Crippen LogP contribution in [0.4, 0.5) is 5.69 Å². The van der Waals surface area contributed by atoms with Gasteiger partial charge >= 0.3 is 0 Å². The highest BCUT2D eigenvalue weighted by Gasteiger charge is 2.31. The van der Waals surface area contributed by atoms with E-state index < -0.39 is 0 Å². The maximum absolute atomic E-state index is 5.26. The van der Waals surface area contributed by atoms with Crippen LogP contribution < -0.4 is 10.1 Å². The molecule has 0 spiro atoms.